The molecule has 0 spiro atoms. The number of hydrogen-bond acceptors (Lipinski definition) is 3. The summed E-state index contributed by atoms with van der Waals surface area (Å²) in [6.07, 6.45) is 0. The molecule has 0 saturated heterocycles. The van der Waals surface area contributed by atoms with Gasteiger partial charge in [0.2, 0.25) is 0 Å². The van der Waals surface area contributed by atoms with Crippen molar-refractivity contribution >= 4 is 46.3 Å². The highest BCUT2D eigenvalue weighted by atomic mass is 35.7. The van der Waals surface area contributed by atoms with Gasteiger partial charge in [-0.1, -0.05) is 14.9 Å². The fourth-order valence-electron chi connectivity index (χ4n) is 0. The number of thiol groups is 1. The van der Waals surface area contributed by atoms with E-state index in [0.29, 0.717) is 0 Å². The van der Waals surface area contributed by atoms with Crippen LogP contribution in [-0.4, -0.2) is 22.7 Å². The first-order chi connectivity index (χ1) is 3.00. The Morgan fingerprint density at radius 2 is 1.22 bits per heavy atom. The average Bonchev–Trinajstić information content (AvgIpc) is 1.36. The van der Waals surface area contributed by atoms with E-state index in [1.165, 1.54) is 0 Å². The van der Waals surface area contributed by atoms with Gasteiger partial charge in [0.15, 0.2) is 16.0 Å². The van der Waals surface area contributed by atoms with Gasteiger partial charge in [0.25, 0.3) is 7.12 Å². The Morgan fingerprint density at radius 3 is 1.22 bits per heavy atom. The molecule has 0 saturated carbocycles. The molecule has 0 atom stereocenters. The molecule has 0 aromatic heterocycles. The molecule has 0 aliphatic heterocycles. The molecule has 0 bridgehead atoms. The van der Waals surface area contributed by atoms with Crippen molar-refractivity contribution in [2.45, 2.75) is 14.9 Å². The maximum Gasteiger partial charge on any atom is 0.278 e. The van der Waals surface area contributed by atoms with Gasteiger partial charge in [-0.3, -0.25) is 0 Å². The molecular formula is C2H9B2ClO2S2. The fourth-order valence-corrected chi connectivity index (χ4v) is 0. The van der Waals surface area contributed by atoms with E-state index in [1.54, 1.807) is 0 Å². The van der Waals surface area contributed by atoms with Crippen LogP contribution in [0, 0.1) is 0 Å². The topological polar surface area (TPSA) is 34.1 Å². The summed E-state index contributed by atoms with van der Waals surface area (Å²) in [7, 11) is 8.87. The van der Waals surface area contributed by atoms with Gasteiger partial charge < -0.3 is 0 Å². The smallest absolute Gasteiger partial charge is 0.244 e. The largest absolute Gasteiger partial charge is 0.278 e. The van der Waals surface area contributed by atoms with Crippen molar-refractivity contribution in [2.24, 2.45) is 0 Å². The molecule has 54 valence electrons. The Bertz CT molecular complexity index is 104. The van der Waals surface area contributed by atoms with E-state index in [-0.39, 0.29) is 14.9 Å². The minimum atomic E-state index is -3.69. The molecule has 4 radical (unpaired) electrons. The van der Waals surface area contributed by atoms with E-state index < -0.39 is 8.90 Å². The Balaban J connectivity index is -0.0000000286. The normalized spacial score (nSPS) is 6.89. The lowest BCUT2D eigenvalue weighted by molar-refractivity contribution is 0.621. The highest BCUT2D eigenvalue weighted by Crippen LogP contribution is 1.81. The van der Waals surface area contributed by atoms with E-state index in [2.05, 4.69) is 37.4 Å². The molecule has 0 N–H and O–H groups in total. The third kappa shape index (κ3) is 760. The van der Waals surface area contributed by atoms with E-state index in [9.17, 15) is 8.42 Å². The molecule has 0 aliphatic carbocycles. The predicted octanol–water partition coefficient (Wildman–Crippen LogP) is 0.910. The number of halogens is 1. The van der Waals surface area contributed by atoms with Crippen LogP contribution in [0.2, 0.25) is 0 Å². The Hall–Kier alpha value is 0.720. The molecule has 0 aromatic carbocycles. The summed E-state index contributed by atoms with van der Waals surface area (Å²) in [6, 6.07) is 0. The Morgan fingerprint density at radius 1 is 1.22 bits per heavy atom. The van der Waals surface area contributed by atoms with Crippen molar-refractivity contribution in [3.8, 4) is 0 Å². The van der Waals surface area contributed by atoms with Crippen LogP contribution >= 0.6 is 23.2 Å². The maximum atomic E-state index is 9.18. The molecule has 9 heavy (non-hydrogen) atoms. The maximum absolute atomic E-state index is 9.18. The predicted molar refractivity (Wildman–Crippen MR) is 48.7 cm³/mol. The summed E-state index contributed by atoms with van der Waals surface area (Å²) in [6.45, 7) is 0. The molecule has 0 rings (SSSR count). The van der Waals surface area contributed by atoms with Crippen LogP contribution in [0.15, 0.2) is 0 Å². The minimum absolute atomic E-state index is 0. The van der Waals surface area contributed by atoms with Gasteiger partial charge in [-0.05, 0) is 0 Å². The fraction of sp³-hybridized carbons (Fsp3) is 1.00. The Kier molecular flexibility index (Phi) is 28.9. The lowest BCUT2D eigenvalue weighted by Crippen LogP contribution is -1.79. The first kappa shape index (κ1) is 22.6. The summed E-state index contributed by atoms with van der Waals surface area (Å²) in [4.78, 5) is 0. The van der Waals surface area contributed by atoms with Gasteiger partial charge in [-0.25, -0.2) is 20.9 Å². The Labute approximate surface area is 69.8 Å². The lowest BCUT2D eigenvalue weighted by Gasteiger charge is -1.65. The molecule has 0 amide bonds. The molecule has 7 heteroatoms. The van der Waals surface area contributed by atoms with E-state index in [4.69, 9.17) is 0 Å². The molecule has 0 fully saturated rings. The van der Waals surface area contributed by atoms with Crippen LogP contribution < -0.4 is 0 Å². The highest BCUT2D eigenvalue weighted by Gasteiger charge is 1.84. The lowest BCUT2D eigenvalue weighted by atomic mass is 10.8. The van der Waals surface area contributed by atoms with Gasteiger partial charge in [0.1, 0.15) is 0 Å². The summed E-state index contributed by atoms with van der Waals surface area (Å²) >= 11 is 3.03. The standard InChI is InChI=1S/2CH4.BClO2S.BHS/c;;1-5(2,3)4;1-2/h2*1H4;;2H. The minimum Gasteiger partial charge on any atom is -0.244 e. The van der Waals surface area contributed by atoms with Gasteiger partial charge in [0, 0.05) is 10.7 Å². The summed E-state index contributed by atoms with van der Waals surface area (Å²) in [5.74, 6) is 0. The van der Waals surface area contributed by atoms with Gasteiger partial charge in [-0.15, -0.1) is 0 Å². The van der Waals surface area contributed by atoms with Crippen LogP contribution in [0.4, 0.5) is 0 Å². The molecule has 2 nitrogen and oxygen atoms in total. The van der Waals surface area contributed by atoms with Crippen LogP contribution in [0.25, 0.3) is 0 Å². The van der Waals surface area contributed by atoms with Crippen LogP contribution in [0.5, 0.6) is 0 Å². The summed E-state index contributed by atoms with van der Waals surface area (Å²) in [5.41, 5.74) is 0. The molecule has 0 aliphatic rings. The first-order valence-electron chi connectivity index (χ1n) is 0.982. The van der Waals surface area contributed by atoms with E-state index in [1.807, 2.05) is 0 Å². The zero-order chi connectivity index (χ0) is 6.50. The quantitative estimate of drug-likeness (QED) is 0.347. The zero-order valence-electron chi connectivity index (χ0n) is 3.20. The van der Waals surface area contributed by atoms with Gasteiger partial charge >= 0.3 is 0 Å². The van der Waals surface area contributed by atoms with Crippen LogP contribution in [0.1, 0.15) is 14.9 Å². The average molecular weight is 186 g/mol. The third-order valence-electron chi connectivity index (χ3n) is 0. The second-order valence-corrected chi connectivity index (χ2v) is 2.72. The van der Waals surface area contributed by atoms with E-state index in [0.717, 1.165) is 0 Å². The highest BCUT2D eigenvalue weighted by molar-refractivity contribution is 8.30. The number of hydrogen-bond donors (Lipinski definition) is 1. The van der Waals surface area contributed by atoms with Crippen LogP contribution in [0.3, 0.4) is 0 Å². The second-order valence-electron chi connectivity index (χ2n) is 0.476. The number of rotatable bonds is 0. The van der Waals surface area contributed by atoms with Crippen molar-refractivity contribution < 1.29 is 8.42 Å². The van der Waals surface area contributed by atoms with E-state index >= 15 is 0 Å². The summed E-state index contributed by atoms with van der Waals surface area (Å²) in [5, 5.41) is 0. The molecule has 0 heterocycles. The first-order valence-corrected chi connectivity index (χ1v) is 3.87. The SMILES string of the molecule is C.C.[B]S.[B]S(=O)(=O)Cl. The van der Waals surface area contributed by atoms with Gasteiger partial charge in [0.05, 0.1) is 0 Å². The van der Waals surface area contributed by atoms with Gasteiger partial charge in [-0.2, -0.15) is 0 Å². The van der Waals surface area contributed by atoms with Crippen LogP contribution in [-0.2, 0) is 8.90 Å². The third-order valence-corrected chi connectivity index (χ3v) is 0. The molecular weight excluding hydrogens is 177 g/mol. The second kappa shape index (κ2) is 11.5. The monoisotopic (exact) mass is 186 g/mol. The van der Waals surface area contributed by atoms with Crippen molar-refractivity contribution in [3.63, 3.8) is 0 Å². The van der Waals surface area contributed by atoms with Crippen molar-refractivity contribution in [1.82, 2.24) is 0 Å². The van der Waals surface area contributed by atoms with Crippen molar-refractivity contribution in [1.29, 1.82) is 0 Å². The zero-order valence-corrected chi connectivity index (χ0v) is 5.67. The molecule has 0 aromatic rings. The van der Waals surface area contributed by atoms with Crippen molar-refractivity contribution in [3.05, 3.63) is 0 Å². The molecule has 0 unspecified atom stereocenters. The van der Waals surface area contributed by atoms with Crippen molar-refractivity contribution in [2.75, 3.05) is 0 Å². The summed E-state index contributed by atoms with van der Waals surface area (Å²) < 4.78 is 18.4.